The lowest BCUT2D eigenvalue weighted by molar-refractivity contribution is -0.126. The van der Waals surface area contributed by atoms with E-state index in [0.717, 1.165) is 13.1 Å². The fraction of sp³-hybridized carbons (Fsp3) is 0.480. The molecule has 2 saturated heterocycles. The number of amides is 1. The van der Waals surface area contributed by atoms with Crippen molar-refractivity contribution in [1.82, 2.24) is 14.5 Å². The zero-order valence-electron chi connectivity index (χ0n) is 18.7. The van der Waals surface area contributed by atoms with E-state index in [-0.39, 0.29) is 29.3 Å². The van der Waals surface area contributed by atoms with Crippen LogP contribution in [0.25, 0.3) is 0 Å². The summed E-state index contributed by atoms with van der Waals surface area (Å²) in [7, 11) is -3.57. The molecule has 2 heterocycles. The van der Waals surface area contributed by atoms with Crippen LogP contribution >= 0.6 is 0 Å². The van der Waals surface area contributed by atoms with Crippen LogP contribution in [0.15, 0.2) is 59.5 Å². The summed E-state index contributed by atoms with van der Waals surface area (Å²) in [6.07, 6.45) is 3.78. The lowest BCUT2D eigenvalue weighted by Gasteiger charge is -2.32. The Morgan fingerprint density at radius 2 is 1.69 bits per heavy atom. The van der Waals surface area contributed by atoms with Crippen molar-refractivity contribution < 1.29 is 13.2 Å². The molecule has 2 atom stereocenters. The normalized spacial score (nSPS) is 21.3. The van der Waals surface area contributed by atoms with Crippen LogP contribution in [0, 0.1) is 12.8 Å². The van der Waals surface area contributed by atoms with Gasteiger partial charge in [0.15, 0.2) is 0 Å². The number of carbonyl (C=O) groups is 1. The molecule has 0 radical (unpaired) electrons. The predicted octanol–water partition coefficient (Wildman–Crippen LogP) is 3.35. The van der Waals surface area contributed by atoms with Crippen molar-refractivity contribution in [3.05, 3.63) is 65.7 Å². The second kappa shape index (κ2) is 10.1. The number of piperidine rings is 1. The third kappa shape index (κ3) is 5.22. The quantitative estimate of drug-likeness (QED) is 0.695. The monoisotopic (exact) mass is 455 g/mol. The largest absolute Gasteiger partial charge is 0.354 e. The van der Waals surface area contributed by atoms with Crippen LogP contribution in [0.1, 0.15) is 42.9 Å². The van der Waals surface area contributed by atoms with Gasteiger partial charge in [0.25, 0.3) is 0 Å². The highest BCUT2D eigenvalue weighted by molar-refractivity contribution is 7.89. The van der Waals surface area contributed by atoms with Crippen molar-refractivity contribution >= 4 is 15.9 Å². The van der Waals surface area contributed by atoms with Gasteiger partial charge in [-0.3, -0.25) is 9.69 Å². The van der Waals surface area contributed by atoms with Gasteiger partial charge in [0, 0.05) is 19.6 Å². The summed E-state index contributed by atoms with van der Waals surface area (Å²) < 4.78 is 27.5. The van der Waals surface area contributed by atoms with Gasteiger partial charge >= 0.3 is 0 Å². The Kier molecular flexibility index (Phi) is 7.28. The topological polar surface area (TPSA) is 69.7 Å². The van der Waals surface area contributed by atoms with E-state index in [0.29, 0.717) is 25.9 Å². The van der Waals surface area contributed by atoms with E-state index in [1.54, 1.807) is 30.3 Å². The second-order valence-corrected chi connectivity index (χ2v) is 10.9. The summed E-state index contributed by atoms with van der Waals surface area (Å²) in [6, 6.07) is 17.2. The van der Waals surface area contributed by atoms with E-state index in [4.69, 9.17) is 0 Å². The molecule has 32 heavy (non-hydrogen) atoms. The van der Waals surface area contributed by atoms with Crippen LogP contribution in [0.5, 0.6) is 0 Å². The Morgan fingerprint density at radius 1 is 1.00 bits per heavy atom. The van der Waals surface area contributed by atoms with Crippen LogP contribution in [-0.2, 0) is 14.8 Å². The molecule has 1 amide bonds. The molecule has 7 heteroatoms. The second-order valence-electron chi connectivity index (χ2n) is 8.93. The zero-order valence-corrected chi connectivity index (χ0v) is 19.6. The number of aryl methyl sites for hydroxylation is 1. The maximum Gasteiger partial charge on any atom is 0.243 e. The van der Waals surface area contributed by atoms with Crippen LogP contribution in [0.3, 0.4) is 0 Å². The molecule has 4 rings (SSSR count). The molecule has 6 nitrogen and oxygen atoms in total. The van der Waals surface area contributed by atoms with E-state index in [9.17, 15) is 13.2 Å². The number of sulfonamides is 1. The number of nitrogens with one attached hydrogen (secondary N) is 1. The first-order chi connectivity index (χ1) is 15.4. The van der Waals surface area contributed by atoms with Crippen LogP contribution in [0.2, 0.25) is 0 Å². The van der Waals surface area contributed by atoms with Gasteiger partial charge in [-0.1, -0.05) is 48.0 Å². The number of hydrogen-bond donors (Lipinski definition) is 1. The molecule has 2 aromatic rings. The summed E-state index contributed by atoms with van der Waals surface area (Å²) in [5.74, 6) is -0.367. The van der Waals surface area contributed by atoms with Crippen LogP contribution in [-0.4, -0.2) is 56.3 Å². The van der Waals surface area contributed by atoms with Crippen LogP contribution in [0.4, 0.5) is 0 Å². The summed E-state index contributed by atoms with van der Waals surface area (Å²) >= 11 is 0. The Labute approximate surface area is 191 Å². The minimum absolute atomic E-state index is 0.0470. The van der Waals surface area contributed by atoms with Crippen molar-refractivity contribution in [2.45, 2.75) is 43.5 Å². The molecule has 0 aliphatic carbocycles. The summed E-state index contributed by atoms with van der Waals surface area (Å²) in [5.41, 5.74) is 2.44. The van der Waals surface area contributed by atoms with Crippen molar-refractivity contribution in [3.8, 4) is 0 Å². The lowest BCUT2D eigenvalue weighted by Crippen LogP contribution is -2.46. The first-order valence-corrected chi connectivity index (χ1v) is 13.0. The van der Waals surface area contributed by atoms with Crippen molar-refractivity contribution in [1.29, 1.82) is 0 Å². The average Bonchev–Trinajstić information content (AvgIpc) is 3.35. The molecule has 0 spiro atoms. The Hall–Kier alpha value is -2.22. The van der Waals surface area contributed by atoms with E-state index in [1.165, 1.54) is 28.3 Å². The van der Waals surface area contributed by atoms with E-state index < -0.39 is 10.0 Å². The molecule has 2 unspecified atom stereocenters. The molecule has 0 bridgehead atoms. The van der Waals surface area contributed by atoms with Gasteiger partial charge in [-0.2, -0.15) is 4.31 Å². The molecule has 2 aliphatic heterocycles. The van der Waals surface area contributed by atoms with E-state index >= 15 is 0 Å². The van der Waals surface area contributed by atoms with Gasteiger partial charge in [0.2, 0.25) is 15.9 Å². The first kappa shape index (κ1) is 23.0. The molecule has 2 fully saturated rings. The third-order valence-electron chi connectivity index (χ3n) is 6.65. The fourth-order valence-electron chi connectivity index (χ4n) is 4.76. The minimum Gasteiger partial charge on any atom is -0.354 e. The molecule has 2 aromatic carbocycles. The Bertz CT molecular complexity index is 1000. The number of hydrogen-bond acceptors (Lipinski definition) is 4. The molecule has 0 aromatic heterocycles. The van der Waals surface area contributed by atoms with Gasteiger partial charge in [0.1, 0.15) is 0 Å². The highest BCUT2D eigenvalue weighted by Gasteiger charge is 2.34. The van der Waals surface area contributed by atoms with Crippen molar-refractivity contribution in [3.63, 3.8) is 0 Å². The highest BCUT2D eigenvalue weighted by Crippen LogP contribution is 2.26. The fourth-order valence-corrected chi connectivity index (χ4v) is 6.30. The number of carbonyl (C=O) groups excluding carboxylic acids is 1. The number of rotatable bonds is 7. The van der Waals surface area contributed by atoms with Crippen molar-refractivity contribution in [2.75, 3.05) is 32.7 Å². The molecular formula is C25H33N3O3S. The molecule has 2 aliphatic rings. The lowest BCUT2D eigenvalue weighted by atomic mass is 9.98. The average molecular weight is 456 g/mol. The van der Waals surface area contributed by atoms with Gasteiger partial charge in [-0.25, -0.2) is 8.42 Å². The smallest absolute Gasteiger partial charge is 0.243 e. The molecule has 1 N–H and O–H groups in total. The van der Waals surface area contributed by atoms with Gasteiger partial charge in [-0.15, -0.1) is 0 Å². The minimum atomic E-state index is -3.57. The predicted molar refractivity (Wildman–Crippen MR) is 126 cm³/mol. The summed E-state index contributed by atoms with van der Waals surface area (Å²) in [6.45, 7) is 5.41. The zero-order chi connectivity index (χ0) is 22.6. The Morgan fingerprint density at radius 3 is 2.38 bits per heavy atom. The number of nitrogens with zero attached hydrogens (tertiary/aromatic N) is 2. The van der Waals surface area contributed by atoms with E-state index in [2.05, 4.69) is 41.4 Å². The maximum absolute atomic E-state index is 13.1. The summed E-state index contributed by atoms with van der Waals surface area (Å²) in [4.78, 5) is 15.8. The highest BCUT2D eigenvalue weighted by atomic mass is 32.2. The molecule has 0 saturated carbocycles. The number of likely N-dealkylation sites (tertiary alicyclic amines) is 1. The SMILES string of the molecule is Cc1ccc(C(CNC(=O)C2CCCN(S(=O)(=O)c3ccccc3)C2)N2CCCC2)cc1. The van der Waals surface area contributed by atoms with Gasteiger partial charge in [-0.05, 0) is 63.4 Å². The van der Waals surface area contributed by atoms with E-state index in [1.807, 2.05) is 0 Å². The summed E-state index contributed by atoms with van der Waals surface area (Å²) in [5, 5.41) is 3.15. The Balaban J connectivity index is 1.41. The molecular weight excluding hydrogens is 422 g/mol. The van der Waals surface area contributed by atoms with Crippen LogP contribution < -0.4 is 5.32 Å². The third-order valence-corrected chi connectivity index (χ3v) is 8.53. The van der Waals surface area contributed by atoms with Gasteiger partial charge in [0.05, 0.1) is 16.9 Å². The first-order valence-electron chi connectivity index (χ1n) is 11.6. The van der Waals surface area contributed by atoms with Gasteiger partial charge < -0.3 is 5.32 Å². The number of benzene rings is 2. The molecule has 172 valence electrons. The standard InChI is InChI=1S/C25H33N3O3S/c1-20-11-13-21(14-12-20)24(27-15-5-6-16-27)18-26-25(29)22-8-7-17-28(19-22)32(30,31)23-9-3-2-4-10-23/h2-4,9-14,22,24H,5-8,15-19H2,1H3,(H,26,29). The maximum atomic E-state index is 13.1. The van der Waals surface area contributed by atoms with Crippen molar-refractivity contribution in [2.24, 2.45) is 5.92 Å².